The third kappa shape index (κ3) is 7.04. The summed E-state index contributed by atoms with van der Waals surface area (Å²) in [6.07, 6.45) is 0.216. The molecule has 0 radical (unpaired) electrons. The summed E-state index contributed by atoms with van der Waals surface area (Å²) in [6, 6.07) is 6.85. The van der Waals surface area contributed by atoms with Crippen LogP contribution >= 0.6 is 11.6 Å². The van der Waals surface area contributed by atoms with Gasteiger partial charge in [-0.15, -0.1) is 0 Å². The first-order valence-corrected chi connectivity index (χ1v) is 11.2. The van der Waals surface area contributed by atoms with Crippen LogP contribution < -0.4 is 21.7 Å². The highest BCUT2D eigenvalue weighted by atomic mass is 35.5. The molecular weight excluding hydrogens is 470 g/mol. The average Bonchev–Trinajstić information content (AvgIpc) is 2.73. The lowest BCUT2D eigenvalue weighted by molar-refractivity contribution is -0.132. The van der Waals surface area contributed by atoms with Crippen LogP contribution in [0.2, 0.25) is 5.02 Å². The Morgan fingerprint density at radius 3 is 2.31 bits per heavy atom. The van der Waals surface area contributed by atoms with E-state index in [0.717, 1.165) is 0 Å². The minimum absolute atomic E-state index is 0.00880. The molecule has 0 bridgehead atoms. The molecule has 0 aliphatic carbocycles. The van der Waals surface area contributed by atoms with Gasteiger partial charge in [-0.1, -0.05) is 11.6 Å². The number of nitrogens with zero attached hydrogens (tertiary/aromatic N) is 1. The first kappa shape index (κ1) is 25.3. The van der Waals surface area contributed by atoms with Crippen molar-refractivity contribution in [3.05, 3.63) is 53.1 Å². The largest absolute Gasteiger partial charge is 0.451 e. The SMILES string of the molecule is NC(N)=NCCC[C@@H](CS(=O)(=O)c1cc(F)c(Oc2ccc(Cl)cc2)c(F)c1)C(=O)NO. The molecule has 2 aromatic carbocycles. The van der Waals surface area contributed by atoms with Gasteiger partial charge in [0.15, 0.2) is 33.2 Å². The zero-order chi connectivity index (χ0) is 23.9. The number of nitrogens with one attached hydrogen (secondary N) is 1. The molecule has 2 rings (SSSR count). The molecule has 174 valence electrons. The van der Waals surface area contributed by atoms with Crippen LogP contribution in [-0.4, -0.2) is 37.8 Å². The lowest BCUT2D eigenvalue weighted by atomic mass is 10.1. The molecule has 0 heterocycles. The van der Waals surface area contributed by atoms with E-state index in [4.69, 9.17) is 33.0 Å². The molecule has 2 aromatic rings. The van der Waals surface area contributed by atoms with Gasteiger partial charge in [0.1, 0.15) is 5.75 Å². The molecule has 0 aliphatic heterocycles. The van der Waals surface area contributed by atoms with Crippen molar-refractivity contribution in [2.45, 2.75) is 17.7 Å². The van der Waals surface area contributed by atoms with Gasteiger partial charge in [-0.05, 0) is 49.2 Å². The predicted octanol–water partition coefficient (Wildman–Crippen LogP) is 2.36. The van der Waals surface area contributed by atoms with Crippen molar-refractivity contribution in [2.24, 2.45) is 22.4 Å². The molecule has 0 unspecified atom stereocenters. The van der Waals surface area contributed by atoms with Gasteiger partial charge in [-0.25, -0.2) is 22.7 Å². The van der Waals surface area contributed by atoms with E-state index in [1.54, 1.807) is 0 Å². The maximum Gasteiger partial charge on any atom is 0.247 e. The highest BCUT2D eigenvalue weighted by Gasteiger charge is 2.28. The van der Waals surface area contributed by atoms with E-state index in [0.29, 0.717) is 17.2 Å². The number of benzene rings is 2. The number of hydrogen-bond acceptors (Lipinski definition) is 6. The summed E-state index contributed by atoms with van der Waals surface area (Å²) < 4.78 is 59.5. The fraction of sp³-hybridized carbons (Fsp3) is 0.263. The van der Waals surface area contributed by atoms with E-state index in [2.05, 4.69) is 4.99 Å². The average molecular weight is 491 g/mol. The van der Waals surface area contributed by atoms with Crippen molar-refractivity contribution in [1.82, 2.24) is 5.48 Å². The summed E-state index contributed by atoms with van der Waals surface area (Å²) >= 11 is 5.74. The number of sulfone groups is 1. The molecule has 1 atom stereocenters. The minimum atomic E-state index is -4.32. The van der Waals surface area contributed by atoms with Crippen LogP contribution in [0.1, 0.15) is 12.8 Å². The molecule has 1 amide bonds. The molecule has 0 saturated carbocycles. The van der Waals surface area contributed by atoms with Gasteiger partial charge in [0.05, 0.1) is 16.6 Å². The van der Waals surface area contributed by atoms with Crippen molar-refractivity contribution in [1.29, 1.82) is 0 Å². The van der Waals surface area contributed by atoms with Crippen molar-refractivity contribution < 1.29 is 31.9 Å². The van der Waals surface area contributed by atoms with Crippen LogP contribution in [-0.2, 0) is 14.6 Å². The van der Waals surface area contributed by atoms with E-state index in [1.165, 1.54) is 29.7 Å². The maximum atomic E-state index is 14.5. The van der Waals surface area contributed by atoms with Gasteiger partial charge in [-0.2, -0.15) is 0 Å². The van der Waals surface area contributed by atoms with Crippen LogP contribution in [0.15, 0.2) is 46.3 Å². The Bertz CT molecular complexity index is 1070. The number of halogens is 3. The molecule has 13 heteroatoms. The summed E-state index contributed by atoms with van der Waals surface area (Å²) in [6.45, 7) is 0.123. The van der Waals surface area contributed by atoms with Gasteiger partial charge in [-0.3, -0.25) is 15.0 Å². The highest BCUT2D eigenvalue weighted by Crippen LogP contribution is 2.31. The van der Waals surface area contributed by atoms with E-state index in [-0.39, 0.29) is 31.1 Å². The Balaban J connectivity index is 2.22. The number of aliphatic imine (C=N–C) groups is 1. The van der Waals surface area contributed by atoms with Crippen LogP contribution in [0.5, 0.6) is 11.5 Å². The Morgan fingerprint density at radius 2 is 1.78 bits per heavy atom. The number of nitrogens with two attached hydrogens (primary N) is 2. The van der Waals surface area contributed by atoms with Crippen LogP contribution in [0.25, 0.3) is 0 Å². The fourth-order valence-corrected chi connectivity index (χ4v) is 4.45. The Morgan fingerprint density at radius 1 is 1.19 bits per heavy atom. The standard InChI is InChI=1S/C19H21ClF2N4O5S/c20-12-3-5-13(6-4-12)31-17-15(21)8-14(9-16(17)22)32(29,30)10-11(18(27)26-28)2-1-7-25-19(23)24/h3-6,8-9,11,28H,1-2,7,10H2,(H,26,27)(H4,23,24,25)/t11-/m0/s1. The third-order valence-corrected chi connectivity index (χ3v) is 6.32. The second kappa shape index (κ2) is 11.1. The van der Waals surface area contributed by atoms with Crippen LogP contribution in [0, 0.1) is 17.6 Å². The number of carbonyl (C=O) groups is 1. The molecular formula is C19H21ClF2N4O5S. The molecule has 0 aromatic heterocycles. The van der Waals surface area contributed by atoms with Crippen LogP contribution in [0.4, 0.5) is 8.78 Å². The number of hydroxylamine groups is 1. The molecule has 0 spiro atoms. The lowest BCUT2D eigenvalue weighted by Gasteiger charge is -2.15. The molecule has 0 saturated heterocycles. The first-order chi connectivity index (χ1) is 15.0. The Labute approximate surface area is 187 Å². The van der Waals surface area contributed by atoms with Gasteiger partial charge < -0.3 is 16.2 Å². The van der Waals surface area contributed by atoms with Crippen molar-refractivity contribution in [3.63, 3.8) is 0 Å². The minimum Gasteiger partial charge on any atom is -0.451 e. The normalized spacial score (nSPS) is 12.1. The van der Waals surface area contributed by atoms with Crippen molar-refractivity contribution >= 4 is 33.3 Å². The summed E-state index contributed by atoms with van der Waals surface area (Å²) in [7, 11) is -4.32. The molecule has 6 N–H and O–H groups in total. The molecule has 32 heavy (non-hydrogen) atoms. The summed E-state index contributed by atoms with van der Waals surface area (Å²) in [5.74, 6) is -6.39. The number of rotatable bonds is 10. The van der Waals surface area contributed by atoms with Gasteiger partial charge >= 0.3 is 0 Å². The molecule has 0 aliphatic rings. The number of carbonyl (C=O) groups excluding carboxylic acids is 1. The number of ether oxygens (including phenoxy) is 1. The monoisotopic (exact) mass is 490 g/mol. The van der Waals surface area contributed by atoms with Crippen LogP contribution in [0.3, 0.4) is 0 Å². The van der Waals surface area contributed by atoms with E-state index >= 15 is 0 Å². The molecule has 9 nitrogen and oxygen atoms in total. The number of guanidine groups is 1. The lowest BCUT2D eigenvalue weighted by Crippen LogP contribution is -2.33. The van der Waals surface area contributed by atoms with Gasteiger partial charge in [0, 0.05) is 11.6 Å². The van der Waals surface area contributed by atoms with Gasteiger partial charge in [0.25, 0.3) is 0 Å². The van der Waals surface area contributed by atoms with Gasteiger partial charge in [0.2, 0.25) is 5.91 Å². The fourth-order valence-electron chi connectivity index (χ4n) is 2.72. The Hall–Kier alpha value is -2.96. The zero-order valence-electron chi connectivity index (χ0n) is 16.6. The topological polar surface area (TPSA) is 157 Å². The third-order valence-electron chi connectivity index (χ3n) is 4.27. The second-order valence-electron chi connectivity index (χ2n) is 6.68. The maximum absolute atomic E-state index is 14.5. The quantitative estimate of drug-likeness (QED) is 0.131. The first-order valence-electron chi connectivity index (χ1n) is 9.18. The Kier molecular flexibility index (Phi) is 8.75. The number of amides is 1. The second-order valence-corrected chi connectivity index (χ2v) is 9.15. The summed E-state index contributed by atoms with van der Waals surface area (Å²) in [5, 5.41) is 9.28. The zero-order valence-corrected chi connectivity index (χ0v) is 18.2. The summed E-state index contributed by atoms with van der Waals surface area (Å²) in [5.41, 5.74) is 11.8. The van der Waals surface area contributed by atoms with E-state index in [1.807, 2.05) is 0 Å². The number of hydrogen-bond donors (Lipinski definition) is 4. The molecule has 0 fully saturated rings. The highest BCUT2D eigenvalue weighted by molar-refractivity contribution is 7.91. The van der Waals surface area contributed by atoms with E-state index in [9.17, 15) is 22.0 Å². The van der Waals surface area contributed by atoms with E-state index < -0.39 is 49.7 Å². The van der Waals surface area contributed by atoms with Crippen molar-refractivity contribution in [2.75, 3.05) is 12.3 Å². The van der Waals surface area contributed by atoms with Crippen molar-refractivity contribution in [3.8, 4) is 11.5 Å². The smallest absolute Gasteiger partial charge is 0.247 e. The summed E-state index contributed by atoms with van der Waals surface area (Å²) in [4.78, 5) is 14.9. The predicted molar refractivity (Wildman–Crippen MR) is 113 cm³/mol.